The van der Waals surface area contributed by atoms with Crippen LogP contribution in [0.25, 0.3) is 11.6 Å². The molecule has 0 spiro atoms. The number of halogens is 6. The van der Waals surface area contributed by atoms with E-state index < -0.39 is 108 Å². The molecule has 266 valence electrons. The summed E-state index contributed by atoms with van der Waals surface area (Å²) in [5.41, 5.74) is -9.64. The van der Waals surface area contributed by atoms with Crippen LogP contribution in [-0.2, 0) is 27.9 Å². The van der Waals surface area contributed by atoms with E-state index in [0.29, 0.717) is 0 Å². The van der Waals surface area contributed by atoms with Crippen LogP contribution in [0.3, 0.4) is 0 Å². The second-order valence-electron chi connectivity index (χ2n) is 10.9. The molecule has 2 atom stereocenters. The lowest BCUT2D eigenvalue weighted by molar-refractivity contribution is -0.299. The summed E-state index contributed by atoms with van der Waals surface area (Å²) in [6, 6.07) is 7.33. The van der Waals surface area contributed by atoms with Crippen LogP contribution in [0, 0.1) is 0 Å². The van der Waals surface area contributed by atoms with Gasteiger partial charge in [-0.05, 0) is 52.1 Å². The molecule has 0 saturated carbocycles. The molecule has 2 heterocycles. The largest absolute Gasteiger partial charge is 0.474 e. The molecule has 0 radical (unpaired) electrons. The van der Waals surface area contributed by atoms with Gasteiger partial charge in [0.25, 0.3) is 11.8 Å². The number of amides is 2. The predicted octanol–water partition coefficient (Wildman–Crippen LogP) is 8.85. The van der Waals surface area contributed by atoms with E-state index in [1.165, 1.54) is 45.0 Å². The van der Waals surface area contributed by atoms with Crippen LogP contribution in [-0.4, -0.2) is 50.3 Å². The summed E-state index contributed by atoms with van der Waals surface area (Å²) in [4.78, 5) is 28.7. The molecule has 0 bridgehead atoms. The Labute approximate surface area is 285 Å². The van der Waals surface area contributed by atoms with Crippen molar-refractivity contribution in [3.8, 4) is 17.5 Å². The minimum absolute atomic E-state index is 0.149. The van der Waals surface area contributed by atoms with Gasteiger partial charge in [-0.25, -0.2) is 14.6 Å². The van der Waals surface area contributed by atoms with Gasteiger partial charge in [0.1, 0.15) is 17.2 Å². The molecule has 1 aromatic carbocycles. The lowest BCUT2D eigenvalue weighted by Crippen LogP contribution is -2.45. The lowest BCUT2D eigenvalue weighted by Gasteiger charge is -2.32. The van der Waals surface area contributed by atoms with Gasteiger partial charge in [0.15, 0.2) is 5.69 Å². The van der Waals surface area contributed by atoms with Crippen LogP contribution < -0.4 is 9.64 Å². The van der Waals surface area contributed by atoms with Gasteiger partial charge in [-0.1, -0.05) is 42.5 Å². The van der Waals surface area contributed by atoms with Crippen LogP contribution in [0.1, 0.15) is 72.1 Å². The molecule has 11 nitrogen and oxygen atoms in total. The lowest BCUT2D eigenvalue weighted by atomic mass is 9.96. The van der Waals surface area contributed by atoms with Crippen LogP contribution in [0.2, 0.25) is 0 Å². The fourth-order valence-electron chi connectivity index (χ4n) is 4.05. The van der Waals surface area contributed by atoms with E-state index >= 15 is 13.2 Å². The van der Waals surface area contributed by atoms with Crippen molar-refractivity contribution < 1.29 is 67.9 Å². The number of carbonyl (C=O) groups is 2. The van der Waals surface area contributed by atoms with Crippen molar-refractivity contribution >= 4 is 17.9 Å². The topological polar surface area (TPSA) is 137 Å². The second-order valence-corrected chi connectivity index (χ2v) is 10.9. The third-order valence-electron chi connectivity index (χ3n) is 6.17. The fourth-order valence-corrected chi connectivity index (χ4v) is 4.05. The molecule has 3 aromatic rings. The van der Waals surface area contributed by atoms with Crippen molar-refractivity contribution in [2.24, 2.45) is 0 Å². The number of ether oxygens (including phenoxy) is 3. The number of nitrogens with zero attached hydrogens (tertiary/aromatic N) is 4. The Balaban J connectivity index is 2.49. The Morgan fingerprint density at radius 1 is 1.12 bits per heavy atom. The number of hydrogen-bond donors (Lipinski definition) is 1. The fraction of sp³-hybridized carbons (Fsp3) is 0.406. The summed E-state index contributed by atoms with van der Waals surface area (Å²) in [5.74, 6) is -4.60. The monoisotopic (exact) mass is 706 g/mol. The Hall–Kier alpha value is -4.93. The molecule has 0 saturated heterocycles. The van der Waals surface area contributed by atoms with Crippen molar-refractivity contribution in [2.75, 3.05) is 4.90 Å². The second kappa shape index (κ2) is 15.1. The molecule has 0 unspecified atom stereocenters. The highest BCUT2D eigenvalue weighted by atomic mass is 19.4. The molecular formula is C32H34F6N4O7. The number of carbonyl (C=O) groups excluding carboxylic acids is 1. The summed E-state index contributed by atoms with van der Waals surface area (Å²) in [6.07, 6.45) is -22.6. The number of benzene rings is 1. The number of alkyl halides is 6. The number of anilines is 1. The standard InChI is InChI=1S/C32H34F6N4O7/c1-7-9-16-30(32(36,37)38,46-18-20-14-11-10-12-15-20)26-41-40-25(48-26)23-22(42(27(43)44)28(45)49-29(4,5)6)17-21(31(33,34)35)24(39-23)47-19(3)13-8-2/h7-8,10-12,14-15,17,19H,1-2,9,13,16,18H2,3-6H3,(H,43,44)/t19-,30-/m1/s1/i3D3,13D2,19D. The number of aromatic nitrogens is 3. The SMILES string of the molecule is [2H]C([2H])([2H])[C@@]([2H])(Oc1nc(-c2nnc([C@@](CCC=C)(OCc3ccccc3)C(F)(F)F)o2)c(N(C(=O)O)C(=O)OC(C)(C)C)cc1C(F)(F)F)C([2H])([2H])C=C. The first-order valence-electron chi connectivity index (χ1n) is 17.0. The Bertz CT molecular complexity index is 1890. The normalized spacial score (nSPS) is 17.0. The highest BCUT2D eigenvalue weighted by Gasteiger charge is 2.61. The van der Waals surface area contributed by atoms with E-state index in [9.17, 15) is 27.9 Å². The van der Waals surface area contributed by atoms with Gasteiger partial charge in [0.05, 0.1) is 13.7 Å². The summed E-state index contributed by atoms with van der Waals surface area (Å²) in [7, 11) is 0. The number of imide groups is 1. The zero-order chi connectivity index (χ0) is 42.0. The molecule has 2 aromatic heterocycles. The van der Waals surface area contributed by atoms with Crippen molar-refractivity contribution in [3.05, 3.63) is 78.7 Å². The average Bonchev–Trinajstić information content (AvgIpc) is 3.53. The molecular weight excluding hydrogens is 666 g/mol. The molecule has 3 rings (SSSR count). The molecule has 0 fully saturated rings. The van der Waals surface area contributed by atoms with Gasteiger partial charge >= 0.3 is 24.5 Å². The smallest absolute Gasteiger partial charge is 0.426 e. The molecule has 49 heavy (non-hydrogen) atoms. The molecule has 0 aliphatic carbocycles. The maximum Gasteiger partial charge on any atom is 0.426 e. The molecule has 1 N–H and O–H groups in total. The van der Waals surface area contributed by atoms with Crippen LogP contribution >= 0.6 is 0 Å². The van der Waals surface area contributed by atoms with E-state index in [2.05, 4.69) is 28.3 Å². The summed E-state index contributed by atoms with van der Waals surface area (Å²) < 4.78 is 157. The minimum atomic E-state index is -5.69. The quantitative estimate of drug-likeness (QED) is 0.136. The molecule has 2 amide bonds. The Morgan fingerprint density at radius 2 is 1.80 bits per heavy atom. The number of allylic oxidation sites excluding steroid dienone is 1. The Morgan fingerprint density at radius 3 is 2.33 bits per heavy atom. The first-order valence-corrected chi connectivity index (χ1v) is 14.0. The van der Waals surface area contributed by atoms with E-state index in [1.54, 1.807) is 6.07 Å². The zero-order valence-corrected chi connectivity index (χ0v) is 26.1. The van der Waals surface area contributed by atoms with Gasteiger partial charge in [0, 0.05) is 13.2 Å². The number of carboxylic acid groups (broad SMARTS) is 1. The minimum Gasteiger partial charge on any atom is -0.474 e. The third-order valence-corrected chi connectivity index (χ3v) is 6.17. The highest BCUT2D eigenvalue weighted by molar-refractivity contribution is 6.10. The van der Waals surface area contributed by atoms with Gasteiger partial charge in [0.2, 0.25) is 11.5 Å². The van der Waals surface area contributed by atoms with Gasteiger partial charge < -0.3 is 23.7 Å². The first-order chi connectivity index (χ1) is 25.0. The number of pyridine rings is 1. The van der Waals surface area contributed by atoms with Crippen molar-refractivity contribution in [3.63, 3.8) is 0 Å². The van der Waals surface area contributed by atoms with Crippen molar-refractivity contribution in [2.45, 2.75) is 83.1 Å². The summed E-state index contributed by atoms with van der Waals surface area (Å²) in [5, 5.41) is 17.0. The maximum atomic E-state index is 15.1. The zero-order valence-electron chi connectivity index (χ0n) is 32.1. The van der Waals surface area contributed by atoms with E-state index in [-0.39, 0.29) is 24.1 Å². The first kappa shape index (κ1) is 30.2. The predicted molar refractivity (Wildman–Crippen MR) is 163 cm³/mol. The van der Waals surface area contributed by atoms with Crippen molar-refractivity contribution in [1.29, 1.82) is 0 Å². The van der Waals surface area contributed by atoms with Crippen LogP contribution in [0.4, 0.5) is 41.6 Å². The van der Waals surface area contributed by atoms with Gasteiger partial charge in [-0.2, -0.15) is 31.2 Å². The third kappa shape index (κ3) is 9.37. The average molecular weight is 707 g/mol. The highest BCUT2D eigenvalue weighted by Crippen LogP contribution is 2.48. The maximum absolute atomic E-state index is 15.1. The summed E-state index contributed by atoms with van der Waals surface area (Å²) >= 11 is 0. The van der Waals surface area contributed by atoms with E-state index in [0.717, 1.165) is 6.08 Å². The molecule has 17 heteroatoms. The summed E-state index contributed by atoms with van der Waals surface area (Å²) in [6.45, 7) is 5.66. The Kier molecular flexibility index (Phi) is 9.29. The number of hydrogen-bond acceptors (Lipinski definition) is 9. The van der Waals surface area contributed by atoms with Gasteiger partial charge in [-0.3, -0.25) is 0 Å². The van der Waals surface area contributed by atoms with Crippen LogP contribution in [0.15, 0.2) is 66.1 Å². The van der Waals surface area contributed by atoms with E-state index in [1.807, 2.05) is 0 Å². The van der Waals surface area contributed by atoms with E-state index in [4.69, 9.17) is 26.9 Å². The molecule has 0 aliphatic heterocycles. The van der Waals surface area contributed by atoms with Crippen molar-refractivity contribution in [1.82, 2.24) is 15.2 Å². The van der Waals surface area contributed by atoms with Crippen LogP contribution in [0.5, 0.6) is 5.88 Å². The molecule has 0 aliphatic rings. The van der Waals surface area contributed by atoms with Gasteiger partial charge in [-0.15, -0.1) is 23.4 Å². The number of rotatable bonds is 13.